The highest BCUT2D eigenvalue weighted by Gasteiger charge is 2.27. The Morgan fingerprint density at radius 2 is 1.90 bits per heavy atom. The smallest absolute Gasteiger partial charge is 0.0951 e. The van der Waals surface area contributed by atoms with Crippen molar-refractivity contribution in [2.45, 2.75) is 45.2 Å². The summed E-state index contributed by atoms with van der Waals surface area (Å²) < 4.78 is 2.32. The molecule has 0 bridgehead atoms. The van der Waals surface area contributed by atoms with Gasteiger partial charge in [-0.15, -0.1) is 0 Å². The van der Waals surface area contributed by atoms with E-state index in [1.165, 1.54) is 19.3 Å². The van der Waals surface area contributed by atoms with Gasteiger partial charge in [0.2, 0.25) is 0 Å². The van der Waals surface area contributed by atoms with E-state index in [0.717, 1.165) is 23.1 Å². The highest BCUT2D eigenvalue weighted by molar-refractivity contribution is 5.26. The normalized spacial score (nSPS) is 27.5. The lowest BCUT2D eigenvalue weighted by molar-refractivity contribution is 0.207. The predicted molar refractivity (Wildman–Crippen MR) is 85.9 cm³/mol. The topological polar surface area (TPSA) is 43.8 Å². The first kappa shape index (κ1) is 14.3. The maximum absolute atomic E-state index is 6.47. The average molecular weight is 283 g/mol. The summed E-state index contributed by atoms with van der Waals surface area (Å²) in [4.78, 5) is 4.37. The van der Waals surface area contributed by atoms with Crippen LogP contribution < -0.4 is 5.73 Å². The predicted octanol–water partition coefficient (Wildman–Crippen LogP) is 3.93. The molecule has 1 aromatic heterocycles. The summed E-state index contributed by atoms with van der Waals surface area (Å²) >= 11 is 0. The maximum atomic E-state index is 6.47. The van der Waals surface area contributed by atoms with E-state index in [1.807, 2.05) is 30.7 Å². The summed E-state index contributed by atoms with van der Waals surface area (Å²) in [5.74, 6) is 1.60. The number of nitrogens with zero attached hydrogens (tertiary/aromatic N) is 2. The van der Waals surface area contributed by atoms with Crippen LogP contribution in [-0.4, -0.2) is 9.55 Å². The Bertz CT molecular complexity index is 575. The Labute approximate surface area is 127 Å². The third-order valence-electron chi connectivity index (χ3n) is 5.14. The molecule has 4 atom stereocenters. The molecule has 0 radical (unpaired) electrons. The fraction of sp³-hybridized carbons (Fsp3) is 0.500. The summed E-state index contributed by atoms with van der Waals surface area (Å²) in [6, 6.07) is 10.7. The molecule has 1 heterocycles. The summed E-state index contributed by atoms with van der Waals surface area (Å²) in [7, 11) is 0. The van der Waals surface area contributed by atoms with Gasteiger partial charge in [0, 0.05) is 6.04 Å². The van der Waals surface area contributed by atoms with Gasteiger partial charge in [-0.05, 0) is 36.7 Å². The van der Waals surface area contributed by atoms with Gasteiger partial charge in [0.25, 0.3) is 0 Å². The van der Waals surface area contributed by atoms with Gasteiger partial charge in [-0.2, -0.15) is 0 Å². The van der Waals surface area contributed by atoms with E-state index in [2.05, 4.69) is 35.5 Å². The maximum Gasteiger partial charge on any atom is 0.0951 e. The van der Waals surface area contributed by atoms with Crippen molar-refractivity contribution in [3.8, 4) is 0 Å². The molecule has 1 aliphatic rings. The zero-order valence-corrected chi connectivity index (χ0v) is 12.9. The van der Waals surface area contributed by atoms with Crippen molar-refractivity contribution in [1.29, 1.82) is 0 Å². The van der Waals surface area contributed by atoms with Gasteiger partial charge in [-0.25, -0.2) is 4.98 Å². The first-order valence-corrected chi connectivity index (χ1v) is 7.99. The van der Waals surface area contributed by atoms with Crippen LogP contribution in [0.5, 0.6) is 0 Å². The largest absolute Gasteiger partial charge is 0.330 e. The molecule has 112 valence electrons. The number of benzene rings is 1. The van der Waals surface area contributed by atoms with E-state index in [1.54, 1.807) is 0 Å². The molecular weight excluding hydrogens is 258 g/mol. The highest BCUT2D eigenvalue weighted by atomic mass is 15.1. The Morgan fingerprint density at radius 1 is 1.14 bits per heavy atom. The number of imidazole rings is 1. The van der Waals surface area contributed by atoms with Crippen LogP contribution in [0.4, 0.5) is 0 Å². The number of nitrogens with two attached hydrogens (primary N) is 1. The molecule has 1 aliphatic carbocycles. The zero-order chi connectivity index (χ0) is 14.8. The molecule has 0 spiro atoms. The summed E-state index contributed by atoms with van der Waals surface area (Å²) in [6.07, 6.45) is 7.65. The molecule has 2 N–H and O–H groups in total. The van der Waals surface area contributed by atoms with Crippen molar-refractivity contribution in [1.82, 2.24) is 9.55 Å². The lowest BCUT2D eigenvalue weighted by atomic mass is 9.79. The highest BCUT2D eigenvalue weighted by Crippen LogP contribution is 2.37. The molecule has 3 heteroatoms. The van der Waals surface area contributed by atoms with Crippen molar-refractivity contribution in [2.75, 3.05) is 0 Å². The van der Waals surface area contributed by atoms with E-state index >= 15 is 0 Å². The second-order valence-corrected chi connectivity index (χ2v) is 6.54. The Hall–Kier alpha value is -1.61. The van der Waals surface area contributed by atoms with Crippen molar-refractivity contribution in [3.63, 3.8) is 0 Å². The molecule has 1 aromatic carbocycles. The standard InChI is InChI=1S/C18H25N3/c1-13-8-9-16(10-14(13)2)21-12-20-11-17(21)18(19)15-6-4-3-5-7-15/h3-7,11-14,16,18H,8-10,19H2,1-2H3. The van der Waals surface area contributed by atoms with Gasteiger partial charge in [-0.3, -0.25) is 0 Å². The SMILES string of the molecule is CC1CCC(n2cncc2C(N)c2ccccc2)CC1C. The minimum Gasteiger partial charge on any atom is -0.330 e. The molecular formula is C18H25N3. The minimum absolute atomic E-state index is 0.0941. The van der Waals surface area contributed by atoms with Crippen LogP contribution in [0.25, 0.3) is 0 Å². The second-order valence-electron chi connectivity index (χ2n) is 6.54. The molecule has 0 saturated heterocycles. The van der Waals surface area contributed by atoms with Gasteiger partial charge in [-0.1, -0.05) is 44.2 Å². The van der Waals surface area contributed by atoms with Crippen molar-refractivity contribution >= 4 is 0 Å². The van der Waals surface area contributed by atoms with Crippen LogP contribution >= 0.6 is 0 Å². The first-order valence-electron chi connectivity index (χ1n) is 7.99. The Kier molecular flexibility index (Phi) is 4.11. The lowest BCUT2D eigenvalue weighted by Gasteiger charge is -2.34. The fourth-order valence-corrected chi connectivity index (χ4v) is 3.46. The van der Waals surface area contributed by atoms with Crippen molar-refractivity contribution in [2.24, 2.45) is 17.6 Å². The Morgan fingerprint density at radius 3 is 2.62 bits per heavy atom. The van der Waals surface area contributed by atoms with Gasteiger partial charge >= 0.3 is 0 Å². The molecule has 0 aliphatic heterocycles. The molecule has 1 fully saturated rings. The van der Waals surface area contributed by atoms with Crippen LogP contribution in [0.15, 0.2) is 42.9 Å². The first-order chi connectivity index (χ1) is 10.2. The lowest BCUT2D eigenvalue weighted by Crippen LogP contribution is -2.26. The number of hydrogen-bond acceptors (Lipinski definition) is 2. The molecule has 3 rings (SSSR count). The second kappa shape index (κ2) is 6.02. The molecule has 4 unspecified atom stereocenters. The Balaban J connectivity index is 1.84. The molecule has 0 amide bonds. The number of rotatable bonds is 3. The van der Waals surface area contributed by atoms with Crippen LogP contribution in [-0.2, 0) is 0 Å². The summed E-state index contributed by atoms with van der Waals surface area (Å²) in [5.41, 5.74) is 8.75. The number of aromatic nitrogens is 2. The quantitative estimate of drug-likeness (QED) is 0.927. The number of hydrogen-bond donors (Lipinski definition) is 1. The molecule has 3 nitrogen and oxygen atoms in total. The van der Waals surface area contributed by atoms with Gasteiger partial charge in [0.1, 0.15) is 0 Å². The summed E-state index contributed by atoms with van der Waals surface area (Å²) in [6.45, 7) is 4.73. The monoisotopic (exact) mass is 283 g/mol. The third-order valence-corrected chi connectivity index (χ3v) is 5.14. The van der Waals surface area contributed by atoms with Crippen LogP contribution in [0.1, 0.15) is 56.5 Å². The van der Waals surface area contributed by atoms with E-state index in [0.29, 0.717) is 6.04 Å². The van der Waals surface area contributed by atoms with Crippen molar-refractivity contribution in [3.05, 3.63) is 54.1 Å². The third kappa shape index (κ3) is 2.88. The van der Waals surface area contributed by atoms with E-state index < -0.39 is 0 Å². The van der Waals surface area contributed by atoms with E-state index in [4.69, 9.17) is 5.73 Å². The van der Waals surface area contributed by atoms with Gasteiger partial charge in [0.15, 0.2) is 0 Å². The molecule has 2 aromatic rings. The molecule has 21 heavy (non-hydrogen) atoms. The van der Waals surface area contributed by atoms with Crippen LogP contribution in [0.2, 0.25) is 0 Å². The van der Waals surface area contributed by atoms with Gasteiger partial charge in [0.05, 0.1) is 24.3 Å². The van der Waals surface area contributed by atoms with Crippen molar-refractivity contribution < 1.29 is 0 Å². The van der Waals surface area contributed by atoms with Gasteiger partial charge < -0.3 is 10.3 Å². The minimum atomic E-state index is -0.0941. The fourth-order valence-electron chi connectivity index (χ4n) is 3.46. The van der Waals surface area contributed by atoms with E-state index in [9.17, 15) is 0 Å². The van der Waals surface area contributed by atoms with Crippen LogP contribution in [0, 0.1) is 11.8 Å². The van der Waals surface area contributed by atoms with E-state index in [-0.39, 0.29) is 6.04 Å². The molecule has 1 saturated carbocycles. The van der Waals surface area contributed by atoms with Crippen LogP contribution in [0.3, 0.4) is 0 Å². The zero-order valence-electron chi connectivity index (χ0n) is 12.9. The average Bonchev–Trinajstić information content (AvgIpc) is 2.99. The summed E-state index contributed by atoms with van der Waals surface area (Å²) in [5, 5.41) is 0.